The van der Waals surface area contributed by atoms with E-state index < -0.39 is 78.5 Å². The third kappa shape index (κ3) is 22.2. The Balaban J connectivity index is 5.17. The molecule has 6 atom stereocenters. The lowest BCUT2D eigenvalue weighted by atomic mass is 9.58. The van der Waals surface area contributed by atoms with Crippen molar-refractivity contribution in [1.82, 2.24) is 10.6 Å². The molecule has 12 nitrogen and oxygen atoms in total. The smallest absolute Gasteiger partial charge is 0.289 e. The molecule has 0 saturated heterocycles. The monoisotopic (exact) mass is 709 g/mol. The maximum atomic E-state index is 13.4. The van der Waals surface area contributed by atoms with Gasteiger partial charge in [-0.3, -0.25) is 28.8 Å². The molecule has 13 heteroatoms. The first-order valence-corrected chi connectivity index (χ1v) is 19.2. The molecule has 0 fully saturated rings. The Labute approximate surface area is 301 Å². The number of hydrogen-bond donors (Lipinski definition) is 6. The van der Waals surface area contributed by atoms with Crippen LogP contribution >= 0.6 is 0 Å². The summed E-state index contributed by atoms with van der Waals surface area (Å²) in [6, 6.07) is -2.53. The predicted molar refractivity (Wildman–Crippen MR) is 198 cm³/mol. The van der Waals surface area contributed by atoms with Crippen LogP contribution in [0.3, 0.4) is 0 Å². The molecule has 0 aromatic rings. The summed E-state index contributed by atoms with van der Waals surface area (Å²) in [5.74, 6) is -5.12. The number of rotatable bonds is 32. The van der Waals surface area contributed by atoms with E-state index in [1.165, 1.54) is 65.6 Å². The minimum Gasteiger partial charge on any atom is -0.450 e. The summed E-state index contributed by atoms with van der Waals surface area (Å²) >= 11 is 0. The molecule has 0 aliphatic rings. The normalized spacial score (nSPS) is 14.9. The zero-order valence-corrected chi connectivity index (χ0v) is 31.7. The molecule has 0 unspecified atom stereocenters. The molecule has 50 heavy (non-hydrogen) atoms. The van der Waals surface area contributed by atoms with Crippen molar-refractivity contribution in [1.29, 1.82) is 0 Å². The molecule has 0 radical (unpaired) electrons. The van der Waals surface area contributed by atoms with Crippen LogP contribution in [0.15, 0.2) is 0 Å². The quantitative estimate of drug-likeness (QED) is 0.0436. The number of hydrogen-bond acceptors (Lipinski definition) is 9. The van der Waals surface area contributed by atoms with Crippen LogP contribution in [0.25, 0.3) is 0 Å². The highest BCUT2D eigenvalue weighted by molar-refractivity contribution is 6.50. The van der Waals surface area contributed by atoms with Crippen LogP contribution in [-0.2, 0) is 28.8 Å². The van der Waals surface area contributed by atoms with Gasteiger partial charge >= 0.3 is 0 Å². The summed E-state index contributed by atoms with van der Waals surface area (Å²) in [5, 5.41) is 25.3. The van der Waals surface area contributed by atoms with Crippen molar-refractivity contribution in [2.45, 2.75) is 181 Å². The number of aliphatic hydroxyl groups is 1. The molecule has 0 bridgehead atoms. The van der Waals surface area contributed by atoms with E-state index in [4.69, 9.17) is 11.5 Å². The number of nitrogens with one attached hydrogen (secondary N) is 2. The third-order valence-corrected chi connectivity index (χ3v) is 9.45. The van der Waals surface area contributed by atoms with Gasteiger partial charge in [0.05, 0.1) is 18.6 Å². The van der Waals surface area contributed by atoms with Gasteiger partial charge in [0.1, 0.15) is 11.8 Å². The highest BCUT2D eigenvalue weighted by Gasteiger charge is 2.33. The zero-order valence-electron chi connectivity index (χ0n) is 31.7. The van der Waals surface area contributed by atoms with Gasteiger partial charge in [-0.1, -0.05) is 98.2 Å². The van der Waals surface area contributed by atoms with E-state index in [0.29, 0.717) is 32.2 Å². The Morgan fingerprint density at radius 2 is 1.26 bits per heavy atom. The lowest BCUT2D eigenvalue weighted by molar-refractivity contribution is -0.136. The van der Waals surface area contributed by atoms with Gasteiger partial charge in [-0.15, -0.1) is 0 Å². The number of primary amides is 1. The molecule has 288 valence electrons. The van der Waals surface area contributed by atoms with Crippen molar-refractivity contribution >= 4 is 42.0 Å². The minimum absolute atomic E-state index is 0.0121. The summed E-state index contributed by atoms with van der Waals surface area (Å²) in [5.41, 5.74) is 10.9. The van der Waals surface area contributed by atoms with E-state index in [1.807, 2.05) is 0 Å². The Hall–Kier alpha value is -2.64. The van der Waals surface area contributed by atoms with Gasteiger partial charge in [0.25, 0.3) is 6.92 Å². The van der Waals surface area contributed by atoms with E-state index in [2.05, 4.69) is 17.6 Å². The van der Waals surface area contributed by atoms with E-state index in [9.17, 15) is 38.9 Å². The van der Waals surface area contributed by atoms with Crippen molar-refractivity contribution < 1.29 is 38.9 Å². The number of aliphatic hydroxyl groups excluding tert-OH is 1. The van der Waals surface area contributed by atoms with Gasteiger partial charge in [-0.05, 0) is 38.5 Å². The average molecular weight is 709 g/mol. The molecule has 0 aromatic carbocycles. The van der Waals surface area contributed by atoms with Gasteiger partial charge in [0.15, 0.2) is 11.6 Å². The highest BCUT2D eigenvalue weighted by atomic mass is 16.3. The number of ketones is 3. The van der Waals surface area contributed by atoms with E-state index in [-0.39, 0.29) is 25.0 Å². The second-order valence-electron chi connectivity index (χ2n) is 14.4. The second kappa shape index (κ2) is 28.0. The van der Waals surface area contributed by atoms with Crippen LogP contribution in [0.2, 0.25) is 12.6 Å². The first kappa shape index (κ1) is 47.4. The molecular weight excluding hydrogens is 639 g/mol. The maximum Gasteiger partial charge on any atom is 0.289 e. The molecule has 8 N–H and O–H groups in total. The molecule has 0 aliphatic heterocycles. The third-order valence-electron chi connectivity index (χ3n) is 9.45. The molecule has 0 rings (SSSR count). The fourth-order valence-corrected chi connectivity index (χ4v) is 5.88. The average Bonchev–Trinajstić information content (AvgIpc) is 3.04. The highest BCUT2D eigenvalue weighted by Crippen LogP contribution is 2.19. The molecule has 0 aromatic heterocycles. The lowest BCUT2D eigenvalue weighted by Crippen LogP contribution is -2.51. The first-order chi connectivity index (χ1) is 23.6. The Morgan fingerprint density at radius 1 is 0.700 bits per heavy atom. The number of unbranched alkanes of at least 4 members (excludes halogenated alkanes) is 11. The Morgan fingerprint density at radius 3 is 1.76 bits per heavy atom. The molecular formula is C37H69BN4O8. The van der Waals surface area contributed by atoms with E-state index >= 15 is 0 Å². The molecule has 0 aliphatic carbocycles. The molecule has 0 saturated carbocycles. The van der Waals surface area contributed by atoms with Crippen molar-refractivity contribution in [3.8, 4) is 0 Å². The number of carbonyl (C=O) groups excluding carboxylic acids is 6. The maximum absolute atomic E-state index is 13.4. The SMILES string of the molecule is CCCCCCCCCCCCCC(=O)C[C@@H](CCCCN)C(=O)N[C@H](C(=O)C[C@@H](C)C(=O)N[C@@H](CC(N)=O)C(=O)C[C@@H](C)B(C)O)[C@@H](C)O. The van der Waals surface area contributed by atoms with Crippen LogP contribution in [0.1, 0.15) is 150 Å². The fraction of sp³-hybridized carbons (Fsp3) is 0.838. The van der Waals surface area contributed by atoms with Crippen LogP contribution in [0, 0.1) is 11.8 Å². The number of amides is 3. The van der Waals surface area contributed by atoms with E-state index in [0.717, 1.165) is 25.7 Å². The largest absolute Gasteiger partial charge is 0.450 e. The molecule has 0 spiro atoms. The summed E-state index contributed by atoms with van der Waals surface area (Å²) in [7, 11) is 0. The van der Waals surface area contributed by atoms with Gasteiger partial charge in [0.2, 0.25) is 17.7 Å². The van der Waals surface area contributed by atoms with Crippen molar-refractivity contribution in [2.24, 2.45) is 23.3 Å². The van der Waals surface area contributed by atoms with Gasteiger partial charge < -0.3 is 32.2 Å². The van der Waals surface area contributed by atoms with E-state index in [1.54, 1.807) is 6.92 Å². The minimum atomic E-state index is -1.31. The summed E-state index contributed by atoms with van der Waals surface area (Å²) in [6.07, 6.45) is 12.9. The zero-order chi connectivity index (χ0) is 38.1. The van der Waals surface area contributed by atoms with Gasteiger partial charge in [-0.25, -0.2) is 0 Å². The van der Waals surface area contributed by atoms with Crippen LogP contribution in [0.5, 0.6) is 0 Å². The van der Waals surface area contributed by atoms with Crippen molar-refractivity contribution in [3.63, 3.8) is 0 Å². The first-order valence-electron chi connectivity index (χ1n) is 19.2. The van der Waals surface area contributed by atoms with Crippen molar-refractivity contribution in [2.75, 3.05) is 6.54 Å². The Kier molecular flexibility index (Phi) is 26.5. The van der Waals surface area contributed by atoms with Crippen LogP contribution in [-0.4, -0.2) is 76.8 Å². The molecule has 0 heterocycles. The summed E-state index contributed by atoms with van der Waals surface area (Å²) in [6.45, 7) is 7.90. The fourth-order valence-electron chi connectivity index (χ4n) is 5.88. The summed E-state index contributed by atoms with van der Waals surface area (Å²) < 4.78 is 0. The van der Waals surface area contributed by atoms with Gasteiger partial charge in [-0.2, -0.15) is 0 Å². The Bertz CT molecular complexity index is 1030. The van der Waals surface area contributed by atoms with Crippen LogP contribution in [0.4, 0.5) is 0 Å². The van der Waals surface area contributed by atoms with Crippen molar-refractivity contribution in [3.05, 3.63) is 0 Å². The van der Waals surface area contributed by atoms with Gasteiger partial charge in [0, 0.05) is 37.5 Å². The standard InChI is InChI=1S/C37H69BN4O8/c1-6-7-8-9-10-11-12-13-14-15-16-20-30(44)24-29(19-17-18-21-39)37(49)42-35(28(4)43)33(46)22-26(2)36(48)41-31(25-34(40)47)32(45)23-27(3)38(5)50/h26-29,31,35,43,50H,6-25,39H2,1-5H3,(H2,40,47)(H,41,48)(H,42,49)/t26-,27-,28-,29-,31+,35+/m1/s1. The lowest BCUT2D eigenvalue weighted by Gasteiger charge is -2.25. The summed E-state index contributed by atoms with van der Waals surface area (Å²) in [4.78, 5) is 76.9. The second-order valence-corrected chi connectivity index (χ2v) is 14.4. The predicted octanol–water partition coefficient (Wildman–Crippen LogP) is 4.18. The number of Topliss-reactive ketones (excluding diaryl/α,β-unsaturated/α-hetero) is 3. The van der Waals surface area contributed by atoms with Crippen LogP contribution < -0.4 is 22.1 Å². The topological polar surface area (TPSA) is 219 Å². The number of carbonyl (C=O) groups is 6. The molecule has 3 amide bonds. The number of nitrogens with two attached hydrogens (primary N) is 2.